The molecule has 2 aromatic carbocycles. The Bertz CT molecular complexity index is 842. The van der Waals surface area contributed by atoms with Crippen molar-refractivity contribution in [1.29, 1.82) is 0 Å². The van der Waals surface area contributed by atoms with E-state index in [9.17, 15) is 18.3 Å². The number of benzene rings is 2. The Morgan fingerprint density at radius 2 is 1.93 bits per heavy atom. The van der Waals surface area contributed by atoms with Gasteiger partial charge in [0, 0.05) is 37.2 Å². The second-order valence-electron chi connectivity index (χ2n) is 8.05. The standard InChI is InChI=1S/C22H26F3N3O/c23-22(24,25)18-8-3-6-15(11-18)19-12-26-27-21(19)17-7-4-10-28(14-17)13-16-5-1-2-9-20(16)29/h1-3,5-6,8-9,11,17,19,21,26-27,29H,4,7,10,12-14H2. The molecule has 0 saturated carbocycles. The van der Waals surface area contributed by atoms with E-state index in [1.165, 1.54) is 12.1 Å². The summed E-state index contributed by atoms with van der Waals surface area (Å²) >= 11 is 0. The summed E-state index contributed by atoms with van der Waals surface area (Å²) in [6, 6.07) is 13.1. The Labute approximate surface area is 168 Å². The SMILES string of the molecule is Oc1ccccc1CN1CCCC(C2NNCC2c2cccc(C(F)(F)F)c2)C1. The summed E-state index contributed by atoms with van der Waals surface area (Å²) in [5.74, 6) is 0.619. The number of para-hydroxylation sites is 1. The van der Waals surface area contributed by atoms with Crippen LogP contribution < -0.4 is 10.9 Å². The van der Waals surface area contributed by atoms with Gasteiger partial charge in [-0.3, -0.25) is 15.8 Å². The molecule has 0 bridgehead atoms. The Balaban J connectivity index is 1.48. The molecule has 0 radical (unpaired) electrons. The summed E-state index contributed by atoms with van der Waals surface area (Å²) in [4.78, 5) is 2.33. The number of hydrogen-bond donors (Lipinski definition) is 3. The maximum Gasteiger partial charge on any atom is 0.416 e. The molecule has 2 aliphatic rings. The fourth-order valence-electron chi connectivity index (χ4n) is 4.64. The summed E-state index contributed by atoms with van der Waals surface area (Å²) in [5.41, 5.74) is 7.51. The van der Waals surface area contributed by atoms with Crippen LogP contribution in [0.1, 0.15) is 35.4 Å². The van der Waals surface area contributed by atoms with Crippen molar-refractivity contribution in [3.63, 3.8) is 0 Å². The van der Waals surface area contributed by atoms with Gasteiger partial charge in [-0.2, -0.15) is 13.2 Å². The molecule has 2 aliphatic heterocycles. The van der Waals surface area contributed by atoms with Crippen LogP contribution in [0.3, 0.4) is 0 Å². The van der Waals surface area contributed by atoms with Crippen molar-refractivity contribution in [2.24, 2.45) is 5.92 Å². The summed E-state index contributed by atoms with van der Waals surface area (Å²) in [7, 11) is 0. The molecule has 2 saturated heterocycles. The molecule has 156 valence electrons. The van der Waals surface area contributed by atoms with Gasteiger partial charge < -0.3 is 5.11 Å². The minimum Gasteiger partial charge on any atom is -0.508 e. The number of alkyl halides is 3. The van der Waals surface area contributed by atoms with Crippen LogP contribution in [0.15, 0.2) is 48.5 Å². The van der Waals surface area contributed by atoms with Crippen LogP contribution >= 0.6 is 0 Å². The molecule has 3 unspecified atom stereocenters. The predicted octanol–water partition coefficient (Wildman–Crippen LogP) is 3.88. The largest absolute Gasteiger partial charge is 0.508 e. The molecule has 3 atom stereocenters. The first kappa shape index (κ1) is 20.2. The van der Waals surface area contributed by atoms with Crippen molar-refractivity contribution in [1.82, 2.24) is 15.8 Å². The smallest absolute Gasteiger partial charge is 0.416 e. The zero-order valence-electron chi connectivity index (χ0n) is 16.1. The number of piperidine rings is 1. The predicted molar refractivity (Wildman–Crippen MR) is 105 cm³/mol. The number of likely N-dealkylation sites (tertiary alicyclic amines) is 1. The highest BCUT2D eigenvalue weighted by Gasteiger charge is 2.38. The third-order valence-corrected chi connectivity index (χ3v) is 6.10. The Hall–Kier alpha value is -2.09. The minimum atomic E-state index is -4.33. The summed E-state index contributed by atoms with van der Waals surface area (Å²) in [6.07, 6.45) is -2.26. The van der Waals surface area contributed by atoms with Crippen molar-refractivity contribution < 1.29 is 18.3 Å². The monoisotopic (exact) mass is 405 g/mol. The fourth-order valence-corrected chi connectivity index (χ4v) is 4.64. The van der Waals surface area contributed by atoms with Crippen molar-refractivity contribution in [3.05, 3.63) is 65.2 Å². The van der Waals surface area contributed by atoms with Crippen molar-refractivity contribution in [3.8, 4) is 5.75 Å². The topological polar surface area (TPSA) is 47.5 Å². The molecule has 2 heterocycles. The van der Waals surface area contributed by atoms with E-state index in [-0.39, 0.29) is 12.0 Å². The van der Waals surface area contributed by atoms with Crippen LogP contribution in [0.25, 0.3) is 0 Å². The summed E-state index contributed by atoms with van der Waals surface area (Å²) in [5, 5.41) is 10.1. The molecule has 4 nitrogen and oxygen atoms in total. The molecule has 2 fully saturated rings. The van der Waals surface area contributed by atoms with Crippen LogP contribution in [-0.2, 0) is 12.7 Å². The highest BCUT2D eigenvalue weighted by atomic mass is 19.4. The van der Waals surface area contributed by atoms with Crippen molar-refractivity contribution in [2.75, 3.05) is 19.6 Å². The number of nitrogens with one attached hydrogen (secondary N) is 2. The second kappa shape index (κ2) is 8.34. The maximum absolute atomic E-state index is 13.1. The first-order valence-corrected chi connectivity index (χ1v) is 10.1. The van der Waals surface area contributed by atoms with Gasteiger partial charge in [0.25, 0.3) is 0 Å². The Morgan fingerprint density at radius 3 is 2.72 bits per heavy atom. The van der Waals surface area contributed by atoms with Gasteiger partial charge >= 0.3 is 6.18 Å². The zero-order valence-corrected chi connectivity index (χ0v) is 16.1. The van der Waals surface area contributed by atoms with E-state index in [1.54, 1.807) is 12.1 Å². The lowest BCUT2D eigenvalue weighted by Gasteiger charge is -2.37. The number of nitrogens with zero attached hydrogens (tertiary/aromatic N) is 1. The first-order chi connectivity index (χ1) is 13.9. The van der Waals surface area contributed by atoms with Gasteiger partial charge in [0.15, 0.2) is 0 Å². The average molecular weight is 405 g/mol. The van der Waals surface area contributed by atoms with E-state index >= 15 is 0 Å². The average Bonchev–Trinajstić information content (AvgIpc) is 3.19. The van der Waals surface area contributed by atoms with Gasteiger partial charge in [-0.05, 0) is 43.0 Å². The lowest BCUT2D eigenvalue weighted by Crippen LogP contribution is -2.46. The second-order valence-corrected chi connectivity index (χ2v) is 8.05. The van der Waals surface area contributed by atoms with E-state index in [1.807, 2.05) is 18.2 Å². The van der Waals surface area contributed by atoms with Gasteiger partial charge in [-0.15, -0.1) is 0 Å². The first-order valence-electron chi connectivity index (χ1n) is 10.1. The van der Waals surface area contributed by atoms with Crippen molar-refractivity contribution in [2.45, 2.75) is 37.5 Å². The van der Waals surface area contributed by atoms with Gasteiger partial charge in [0.2, 0.25) is 0 Å². The molecule has 7 heteroatoms. The quantitative estimate of drug-likeness (QED) is 0.723. The van der Waals surface area contributed by atoms with Gasteiger partial charge in [0.05, 0.1) is 5.56 Å². The molecule has 0 aliphatic carbocycles. The number of phenolic OH excluding ortho intramolecular Hbond substituents is 1. The number of rotatable bonds is 4. The minimum absolute atomic E-state index is 0.00706. The number of phenols is 1. The van der Waals surface area contributed by atoms with Crippen molar-refractivity contribution >= 4 is 0 Å². The number of aromatic hydroxyl groups is 1. The summed E-state index contributed by atoms with van der Waals surface area (Å²) < 4.78 is 39.4. The number of hydrazine groups is 1. The van der Waals surface area contributed by atoms with E-state index in [0.29, 0.717) is 24.8 Å². The van der Waals surface area contributed by atoms with E-state index in [4.69, 9.17) is 0 Å². The van der Waals surface area contributed by atoms with Crippen LogP contribution in [0.5, 0.6) is 5.75 Å². The van der Waals surface area contributed by atoms with Crippen LogP contribution in [0, 0.1) is 5.92 Å². The van der Waals surface area contributed by atoms with Gasteiger partial charge in [-0.1, -0.05) is 36.4 Å². The third kappa shape index (κ3) is 4.57. The zero-order chi connectivity index (χ0) is 20.4. The number of halogens is 3. The van der Waals surface area contributed by atoms with E-state index < -0.39 is 11.7 Å². The van der Waals surface area contributed by atoms with Gasteiger partial charge in [0.1, 0.15) is 5.75 Å². The summed E-state index contributed by atoms with van der Waals surface area (Å²) in [6.45, 7) is 3.10. The van der Waals surface area contributed by atoms with Crippen LogP contribution in [0.4, 0.5) is 13.2 Å². The maximum atomic E-state index is 13.1. The fraction of sp³-hybridized carbons (Fsp3) is 0.455. The molecule has 2 aromatic rings. The molecule has 0 aromatic heterocycles. The normalized spacial score (nSPS) is 26.0. The molecule has 4 rings (SSSR count). The lowest BCUT2D eigenvalue weighted by molar-refractivity contribution is -0.137. The number of hydrogen-bond acceptors (Lipinski definition) is 4. The Kier molecular flexibility index (Phi) is 5.81. The van der Waals surface area contributed by atoms with E-state index in [0.717, 1.165) is 43.1 Å². The van der Waals surface area contributed by atoms with Crippen LogP contribution in [-0.4, -0.2) is 35.7 Å². The third-order valence-electron chi connectivity index (χ3n) is 6.10. The van der Waals surface area contributed by atoms with Gasteiger partial charge in [-0.25, -0.2) is 0 Å². The molecular formula is C22H26F3N3O. The molecule has 0 spiro atoms. The Morgan fingerprint density at radius 1 is 1.10 bits per heavy atom. The molecular weight excluding hydrogens is 379 g/mol. The van der Waals surface area contributed by atoms with E-state index in [2.05, 4.69) is 15.8 Å². The molecule has 0 amide bonds. The highest BCUT2D eigenvalue weighted by molar-refractivity contribution is 5.32. The lowest BCUT2D eigenvalue weighted by atomic mass is 9.80. The molecule has 3 N–H and O–H groups in total. The molecule has 29 heavy (non-hydrogen) atoms. The van der Waals surface area contributed by atoms with Crippen LogP contribution in [0.2, 0.25) is 0 Å². The highest BCUT2D eigenvalue weighted by Crippen LogP contribution is 2.35.